The van der Waals surface area contributed by atoms with E-state index >= 15 is 0 Å². The van der Waals surface area contributed by atoms with E-state index in [9.17, 15) is 18.0 Å². The van der Waals surface area contributed by atoms with Crippen LogP contribution in [0.5, 0.6) is 5.75 Å². The summed E-state index contributed by atoms with van der Waals surface area (Å²) in [7, 11) is 0. The summed E-state index contributed by atoms with van der Waals surface area (Å²) in [4.78, 5) is 12.3. The fourth-order valence-corrected chi connectivity index (χ4v) is 3.36. The van der Waals surface area contributed by atoms with Crippen LogP contribution in [0, 0.1) is 0 Å². The summed E-state index contributed by atoms with van der Waals surface area (Å²) >= 11 is 0. The molecule has 7 heteroatoms. The van der Waals surface area contributed by atoms with Gasteiger partial charge >= 0.3 is 12.3 Å². The van der Waals surface area contributed by atoms with E-state index in [0.29, 0.717) is 17.7 Å². The minimum atomic E-state index is -4.52. The van der Waals surface area contributed by atoms with Gasteiger partial charge in [-0.05, 0) is 47.9 Å². The van der Waals surface area contributed by atoms with Crippen LogP contribution in [0.1, 0.15) is 22.7 Å². The van der Waals surface area contributed by atoms with Gasteiger partial charge in [0.2, 0.25) is 0 Å². The molecule has 1 unspecified atom stereocenters. The van der Waals surface area contributed by atoms with E-state index in [1.807, 2.05) is 24.3 Å². The number of alkyl halides is 3. The summed E-state index contributed by atoms with van der Waals surface area (Å²) < 4.78 is 44.8. The number of ether oxygens (including phenoxy) is 1. The normalized spacial score (nSPS) is 15.3. The molecule has 0 spiro atoms. The first-order valence-corrected chi connectivity index (χ1v) is 8.99. The van der Waals surface area contributed by atoms with E-state index in [4.69, 9.17) is 4.74 Å². The van der Waals surface area contributed by atoms with Gasteiger partial charge in [0.1, 0.15) is 5.75 Å². The largest absolute Gasteiger partial charge is 0.417 e. The van der Waals surface area contributed by atoms with E-state index in [-0.39, 0.29) is 11.7 Å². The van der Waals surface area contributed by atoms with Crippen molar-refractivity contribution < 1.29 is 22.7 Å². The molecule has 0 saturated carbocycles. The molecule has 0 bridgehead atoms. The Balaban J connectivity index is 1.62. The molecule has 1 atom stereocenters. The van der Waals surface area contributed by atoms with Gasteiger partial charge in [0, 0.05) is 11.4 Å². The van der Waals surface area contributed by atoms with Crippen molar-refractivity contribution in [3.8, 4) is 5.75 Å². The zero-order valence-corrected chi connectivity index (χ0v) is 15.2. The molecule has 29 heavy (non-hydrogen) atoms. The van der Waals surface area contributed by atoms with E-state index in [1.165, 1.54) is 6.07 Å². The van der Waals surface area contributed by atoms with Crippen molar-refractivity contribution in [1.82, 2.24) is 0 Å². The third-order valence-corrected chi connectivity index (χ3v) is 4.72. The summed E-state index contributed by atoms with van der Waals surface area (Å²) in [6.07, 6.45) is -4.78. The molecule has 148 valence electrons. The van der Waals surface area contributed by atoms with Crippen molar-refractivity contribution in [1.29, 1.82) is 0 Å². The molecule has 0 fully saturated rings. The number of rotatable bonds is 3. The lowest BCUT2D eigenvalue weighted by molar-refractivity contribution is -0.137. The Morgan fingerprint density at radius 3 is 2.45 bits per heavy atom. The van der Waals surface area contributed by atoms with Gasteiger partial charge in [-0.15, -0.1) is 0 Å². The van der Waals surface area contributed by atoms with Crippen LogP contribution in [0.4, 0.5) is 29.3 Å². The van der Waals surface area contributed by atoms with Gasteiger partial charge in [0.15, 0.2) is 0 Å². The lowest BCUT2D eigenvalue weighted by Crippen LogP contribution is -2.20. The average Bonchev–Trinajstić information content (AvgIpc) is 3.12. The molecule has 0 aliphatic carbocycles. The smallest absolute Gasteiger partial charge is 0.410 e. The quantitative estimate of drug-likeness (QED) is 0.567. The molecule has 3 aromatic carbocycles. The van der Waals surface area contributed by atoms with E-state index in [1.54, 1.807) is 30.3 Å². The number of fused-ring (bicyclic) bond motifs is 1. The highest BCUT2D eigenvalue weighted by Gasteiger charge is 2.33. The van der Waals surface area contributed by atoms with Crippen molar-refractivity contribution in [2.45, 2.75) is 18.6 Å². The van der Waals surface area contributed by atoms with Gasteiger partial charge in [0.05, 0.1) is 11.6 Å². The molecule has 1 amide bonds. The van der Waals surface area contributed by atoms with Crippen LogP contribution in [-0.2, 0) is 12.6 Å². The van der Waals surface area contributed by atoms with Gasteiger partial charge in [-0.3, -0.25) is 5.32 Å². The second-order valence-electron chi connectivity index (χ2n) is 6.69. The van der Waals surface area contributed by atoms with E-state index in [0.717, 1.165) is 23.4 Å². The minimum Gasteiger partial charge on any atom is -0.410 e. The molecule has 4 nitrogen and oxygen atoms in total. The lowest BCUT2D eigenvalue weighted by atomic mass is 9.99. The SMILES string of the molecule is O=C(Nc1cc(C(F)(F)F)ccc1C1Cc2ccccc2N1)Oc1ccccc1. The highest BCUT2D eigenvalue weighted by molar-refractivity contribution is 5.88. The fraction of sp³-hybridized carbons (Fsp3) is 0.136. The summed E-state index contributed by atoms with van der Waals surface area (Å²) in [5.74, 6) is 0.296. The van der Waals surface area contributed by atoms with E-state index < -0.39 is 17.8 Å². The zero-order valence-electron chi connectivity index (χ0n) is 15.2. The Morgan fingerprint density at radius 1 is 1.00 bits per heavy atom. The Bertz CT molecular complexity index is 1010. The number of hydrogen-bond donors (Lipinski definition) is 2. The van der Waals surface area contributed by atoms with Crippen LogP contribution in [0.2, 0.25) is 0 Å². The van der Waals surface area contributed by atoms with Crippen molar-refractivity contribution in [2.75, 3.05) is 10.6 Å². The molecule has 0 radical (unpaired) electrons. The minimum absolute atomic E-state index is 0.0612. The molecular formula is C22H17F3N2O2. The second kappa shape index (κ2) is 7.50. The first-order valence-electron chi connectivity index (χ1n) is 8.99. The first-order chi connectivity index (χ1) is 13.9. The summed E-state index contributed by atoms with van der Waals surface area (Å²) in [6, 6.07) is 19.1. The average molecular weight is 398 g/mol. The van der Waals surface area contributed by atoms with Crippen molar-refractivity contribution in [3.05, 3.63) is 89.5 Å². The third-order valence-electron chi connectivity index (χ3n) is 4.72. The molecule has 0 saturated heterocycles. The van der Waals surface area contributed by atoms with Crippen LogP contribution in [0.25, 0.3) is 0 Å². The Hall–Kier alpha value is -3.48. The standard InChI is InChI=1S/C22H17F3N2O2/c23-22(24,25)15-10-11-17(19-12-14-6-4-5-9-18(14)26-19)20(13-15)27-21(28)29-16-7-2-1-3-8-16/h1-11,13,19,26H,12H2,(H,27,28). The second-order valence-corrected chi connectivity index (χ2v) is 6.69. The van der Waals surface area contributed by atoms with Crippen LogP contribution in [0.3, 0.4) is 0 Å². The Morgan fingerprint density at radius 2 is 1.72 bits per heavy atom. The molecule has 1 aliphatic heterocycles. The van der Waals surface area contributed by atoms with Gasteiger partial charge < -0.3 is 10.1 Å². The number of amides is 1. The Kier molecular flexibility index (Phi) is 4.88. The number of carbonyl (C=O) groups excluding carboxylic acids is 1. The number of halogens is 3. The Labute approximate surface area is 165 Å². The highest BCUT2D eigenvalue weighted by Crippen LogP contribution is 2.39. The summed E-state index contributed by atoms with van der Waals surface area (Å²) in [6.45, 7) is 0. The lowest BCUT2D eigenvalue weighted by Gasteiger charge is -2.19. The maximum Gasteiger partial charge on any atom is 0.417 e. The predicted octanol–water partition coefficient (Wildman–Crippen LogP) is 6.03. The van der Waals surface area contributed by atoms with E-state index in [2.05, 4.69) is 10.6 Å². The first kappa shape index (κ1) is 18.9. The number of nitrogens with one attached hydrogen (secondary N) is 2. The van der Waals surface area contributed by atoms with Crippen LogP contribution < -0.4 is 15.4 Å². The maximum absolute atomic E-state index is 13.2. The fourth-order valence-electron chi connectivity index (χ4n) is 3.36. The van der Waals surface area contributed by atoms with Gasteiger partial charge in [-0.2, -0.15) is 13.2 Å². The molecule has 2 N–H and O–H groups in total. The number of anilines is 2. The number of benzene rings is 3. The number of carbonyl (C=O) groups is 1. The van der Waals surface area contributed by atoms with Gasteiger partial charge in [-0.1, -0.05) is 42.5 Å². The van der Waals surface area contributed by atoms with Crippen LogP contribution in [0.15, 0.2) is 72.8 Å². The topological polar surface area (TPSA) is 50.4 Å². The summed E-state index contributed by atoms with van der Waals surface area (Å²) in [5.41, 5.74) is 1.77. The third kappa shape index (κ3) is 4.18. The van der Waals surface area contributed by atoms with Gasteiger partial charge in [-0.25, -0.2) is 4.79 Å². The number of para-hydroxylation sites is 2. The predicted molar refractivity (Wildman–Crippen MR) is 104 cm³/mol. The van der Waals surface area contributed by atoms with Crippen LogP contribution in [-0.4, -0.2) is 6.09 Å². The summed E-state index contributed by atoms with van der Waals surface area (Å²) in [5, 5.41) is 5.77. The highest BCUT2D eigenvalue weighted by atomic mass is 19.4. The molecular weight excluding hydrogens is 381 g/mol. The zero-order chi connectivity index (χ0) is 20.4. The molecule has 0 aromatic heterocycles. The molecule has 1 heterocycles. The van der Waals surface area contributed by atoms with Gasteiger partial charge in [0.25, 0.3) is 0 Å². The maximum atomic E-state index is 13.2. The molecule has 4 rings (SSSR count). The van der Waals surface area contributed by atoms with Crippen LogP contribution >= 0.6 is 0 Å². The van der Waals surface area contributed by atoms with Crippen molar-refractivity contribution in [2.24, 2.45) is 0 Å². The van der Waals surface area contributed by atoms with Crippen molar-refractivity contribution in [3.63, 3.8) is 0 Å². The molecule has 1 aliphatic rings. The monoisotopic (exact) mass is 398 g/mol. The molecule has 3 aromatic rings. The number of hydrogen-bond acceptors (Lipinski definition) is 3. The van der Waals surface area contributed by atoms with Crippen molar-refractivity contribution >= 4 is 17.5 Å².